The number of fused-ring (bicyclic) bond motifs is 1. The number of nitrogens with zero attached hydrogens (tertiary/aromatic N) is 3. The van der Waals surface area contributed by atoms with Crippen LogP contribution in [0.15, 0.2) is 39.6 Å². The largest absolute Gasteiger partial charge is 0.466 e. The van der Waals surface area contributed by atoms with E-state index in [-0.39, 0.29) is 29.6 Å². The second-order valence-electron chi connectivity index (χ2n) is 6.33. The number of carbonyl (C=O) groups is 2. The molecule has 3 aromatic rings. The van der Waals surface area contributed by atoms with Crippen LogP contribution in [0.25, 0.3) is 10.9 Å². The molecule has 0 fully saturated rings. The van der Waals surface area contributed by atoms with Crippen LogP contribution in [0.3, 0.4) is 0 Å². The first kappa shape index (κ1) is 22.0. The Morgan fingerprint density at radius 3 is 2.80 bits per heavy atom. The number of esters is 1. The molecule has 30 heavy (non-hydrogen) atoms. The van der Waals surface area contributed by atoms with Crippen molar-refractivity contribution in [2.45, 2.75) is 38.4 Å². The first-order chi connectivity index (χ1) is 14.5. The Labute approximate surface area is 181 Å². The number of benzene rings is 1. The molecule has 1 aromatic carbocycles. The molecule has 0 aliphatic heterocycles. The molecular formula is C20H22N4O4S2. The minimum Gasteiger partial charge on any atom is -0.466 e. The fourth-order valence-corrected chi connectivity index (χ4v) is 4.32. The van der Waals surface area contributed by atoms with Gasteiger partial charge in [-0.1, -0.05) is 30.8 Å². The van der Waals surface area contributed by atoms with Crippen molar-refractivity contribution in [2.75, 3.05) is 17.7 Å². The van der Waals surface area contributed by atoms with Crippen molar-refractivity contribution < 1.29 is 14.3 Å². The van der Waals surface area contributed by atoms with E-state index in [1.807, 2.05) is 19.1 Å². The highest BCUT2D eigenvalue weighted by Gasteiger charge is 2.14. The molecule has 10 heteroatoms. The van der Waals surface area contributed by atoms with Gasteiger partial charge in [-0.3, -0.25) is 19.0 Å². The van der Waals surface area contributed by atoms with Gasteiger partial charge in [0.1, 0.15) is 0 Å². The zero-order valence-electron chi connectivity index (χ0n) is 16.7. The van der Waals surface area contributed by atoms with E-state index in [0.717, 1.165) is 6.42 Å². The second kappa shape index (κ2) is 10.4. The number of anilines is 1. The van der Waals surface area contributed by atoms with Crippen LogP contribution >= 0.6 is 23.1 Å². The molecular weight excluding hydrogens is 424 g/mol. The van der Waals surface area contributed by atoms with Crippen LogP contribution in [0.4, 0.5) is 5.13 Å². The smallest absolute Gasteiger partial charge is 0.311 e. The predicted octanol–water partition coefficient (Wildman–Crippen LogP) is 3.10. The molecule has 0 aliphatic rings. The number of para-hydroxylation sites is 1. The van der Waals surface area contributed by atoms with Gasteiger partial charge in [0.05, 0.1) is 35.4 Å². The number of nitrogens with one attached hydrogen (secondary N) is 1. The summed E-state index contributed by atoms with van der Waals surface area (Å²) in [5.74, 6) is -0.531. The number of carbonyl (C=O) groups excluding carboxylic acids is 2. The summed E-state index contributed by atoms with van der Waals surface area (Å²) in [5.41, 5.74) is 1.06. The maximum atomic E-state index is 12.8. The number of amides is 1. The number of ether oxygens (including phenoxy) is 1. The number of thioether (sulfide) groups is 1. The van der Waals surface area contributed by atoms with Gasteiger partial charge >= 0.3 is 5.97 Å². The molecule has 2 aromatic heterocycles. The molecule has 0 unspecified atom stereocenters. The van der Waals surface area contributed by atoms with E-state index in [1.165, 1.54) is 23.1 Å². The summed E-state index contributed by atoms with van der Waals surface area (Å²) in [5, 5.41) is 5.93. The van der Waals surface area contributed by atoms with Crippen molar-refractivity contribution in [3.63, 3.8) is 0 Å². The number of hydrogen-bond acceptors (Lipinski definition) is 8. The van der Waals surface area contributed by atoms with Crippen LogP contribution in [-0.2, 0) is 27.3 Å². The lowest BCUT2D eigenvalue weighted by Crippen LogP contribution is -2.24. The Bertz CT molecular complexity index is 1110. The summed E-state index contributed by atoms with van der Waals surface area (Å²) < 4.78 is 6.51. The Hall–Kier alpha value is -2.72. The van der Waals surface area contributed by atoms with Gasteiger partial charge in [-0.05, 0) is 25.5 Å². The van der Waals surface area contributed by atoms with Gasteiger partial charge in [0.15, 0.2) is 10.3 Å². The topological polar surface area (TPSA) is 103 Å². The molecule has 0 aliphatic carbocycles. The van der Waals surface area contributed by atoms with Crippen molar-refractivity contribution >= 4 is 51.0 Å². The molecule has 158 valence electrons. The summed E-state index contributed by atoms with van der Waals surface area (Å²) in [4.78, 5) is 45.5. The van der Waals surface area contributed by atoms with Gasteiger partial charge in [-0.25, -0.2) is 9.97 Å². The third-order valence-corrected chi connectivity index (χ3v) is 5.82. The molecule has 2 heterocycles. The molecule has 1 N–H and O–H groups in total. The number of hydrogen-bond donors (Lipinski definition) is 1. The molecule has 0 spiro atoms. The number of thiazole rings is 1. The number of aromatic nitrogens is 3. The Morgan fingerprint density at radius 1 is 1.23 bits per heavy atom. The molecule has 8 nitrogen and oxygen atoms in total. The highest BCUT2D eigenvalue weighted by Crippen LogP contribution is 2.20. The third-order valence-electron chi connectivity index (χ3n) is 4.04. The van der Waals surface area contributed by atoms with Crippen molar-refractivity contribution in [1.82, 2.24) is 14.5 Å². The third kappa shape index (κ3) is 5.45. The molecule has 0 saturated heterocycles. The Kier molecular flexibility index (Phi) is 7.58. The summed E-state index contributed by atoms with van der Waals surface area (Å²) in [6, 6.07) is 7.19. The average molecular weight is 447 g/mol. The fourth-order valence-electron chi connectivity index (χ4n) is 2.77. The first-order valence-corrected chi connectivity index (χ1v) is 11.4. The second-order valence-corrected chi connectivity index (χ2v) is 8.13. The lowest BCUT2D eigenvalue weighted by Gasteiger charge is -2.12. The minimum absolute atomic E-state index is 0.0687. The molecule has 0 radical (unpaired) electrons. The van der Waals surface area contributed by atoms with Gasteiger partial charge in [-0.15, -0.1) is 11.3 Å². The average Bonchev–Trinajstić information content (AvgIpc) is 3.15. The van der Waals surface area contributed by atoms with E-state index in [2.05, 4.69) is 15.3 Å². The van der Waals surface area contributed by atoms with Gasteiger partial charge in [0.2, 0.25) is 5.91 Å². The Morgan fingerprint density at radius 2 is 2.03 bits per heavy atom. The predicted molar refractivity (Wildman–Crippen MR) is 118 cm³/mol. The normalized spacial score (nSPS) is 10.9. The van der Waals surface area contributed by atoms with Crippen LogP contribution in [-0.4, -0.2) is 38.8 Å². The molecule has 1 amide bonds. The van der Waals surface area contributed by atoms with E-state index in [9.17, 15) is 14.4 Å². The van der Waals surface area contributed by atoms with Crippen LogP contribution < -0.4 is 10.9 Å². The van der Waals surface area contributed by atoms with Gasteiger partial charge in [0, 0.05) is 11.9 Å². The van der Waals surface area contributed by atoms with Gasteiger partial charge in [-0.2, -0.15) is 0 Å². The zero-order valence-corrected chi connectivity index (χ0v) is 18.3. The van der Waals surface area contributed by atoms with Crippen molar-refractivity contribution in [2.24, 2.45) is 0 Å². The molecule has 0 saturated carbocycles. The standard InChI is InChI=1S/C20H22N4O4S2/c1-3-9-24-18(27)14-7-5-6-8-15(14)22-20(24)30-12-16(25)23-19-21-13(11-29-19)10-17(26)28-4-2/h5-8,11H,3-4,9-10,12H2,1-2H3,(H,21,23,25). The maximum absolute atomic E-state index is 12.8. The van der Waals surface area contributed by atoms with Crippen molar-refractivity contribution in [1.29, 1.82) is 0 Å². The fraction of sp³-hybridized carbons (Fsp3) is 0.350. The highest BCUT2D eigenvalue weighted by atomic mass is 32.2. The maximum Gasteiger partial charge on any atom is 0.311 e. The molecule has 0 atom stereocenters. The first-order valence-electron chi connectivity index (χ1n) is 9.54. The monoisotopic (exact) mass is 446 g/mol. The summed E-state index contributed by atoms with van der Waals surface area (Å²) in [6.07, 6.45) is 0.849. The summed E-state index contributed by atoms with van der Waals surface area (Å²) in [6.45, 7) is 4.58. The molecule has 3 rings (SSSR count). The number of rotatable bonds is 9. The van der Waals surface area contributed by atoms with E-state index in [1.54, 1.807) is 29.0 Å². The lowest BCUT2D eigenvalue weighted by atomic mass is 10.2. The highest BCUT2D eigenvalue weighted by molar-refractivity contribution is 7.99. The van der Waals surface area contributed by atoms with E-state index < -0.39 is 0 Å². The van der Waals surface area contributed by atoms with Crippen LogP contribution in [0, 0.1) is 0 Å². The SMILES string of the molecule is CCCn1c(SCC(=O)Nc2nc(CC(=O)OCC)cs2)nc2ccccc2c1=O. The quantitative estimate of drug-likeness (QED) is 0.306. The summed E-state index contributed by atoms with van der Waals surface area (Å²) >= 11 is 2.45. The van der Waals surface area contributed by atoms with Crippen molar-refractivity contribution in [3.8, 4) is 0 Å². The molecule has 0 bridgehead atoms. The van der Waals surface area contributed by atoms with Crippen molar-refractivity contribution in [3.05, 3.63) is 45.7 Å². The van der Waals surface area contributed by atoms with Gasteiger partial charge < -0.3 is 10.1 Å². The Balaban J connectivity index is 1.67. The van der Waals surface area contributed by atoms with Crippen LogP contribution in [0.5, 0.6) is 0 Å². The summed E-state index contributed by atoms with van der Waals surface area (Å²) in [7, 11) is 0. The van der Waals surface area contributed by atoms with E-state index in [4.69, 9.17) is 4.74 Å². The lowest BCUT2D eigenvalue weighted by molar-refractivity contribution is -0.142. The van der Waals surface area contributed by atoms with E-state index in [0.29, 0.717) is 40.0 Å². The minimum atomic E-state index is -0.354. The van der Waals surface area contributed by atoms with E-state index >= 15 is 0 Å². The van der Waals surface area contributed by atoms with Gasteiger partial charge in [0.25, 0.3) is 5.56 Å². The van der Waals surface area contributed by atoms with Crippen LogP contribution in [0.1, 0.15) is 26.0 Å². The van der Waals surface area contributed by atoms with Crippen LogP contribution in [0.2, 0.25) is 0 Å². The zero-order chi connectivity index (χ0) is 21.5.